The van der Waals surface area contributed by atoms with Crippen LogP contribution in [-0.4, -0.2) is 64.2 Å². The molecule has 4 rings (SSSR count). The third-order valence-electron chi connectivity index (χ3n) is 5.08. The molecule has 1 amide bonds. The predicted octanol–water partition coefficient (Wildman–Crippen LogP) is 2.02. The van der Waals surface area contributed by atoms with Gasteiger partial charge in [0.25, 0.3) is 5.91 Å². The van der Waals surface area contributed by atoms with Gasteiger partial charge in [0.05, 0.1) is 25.0 Å². The highest BCUT2D eigenvalue weighted by Crippen LogP contribution is 2.36. The van der Waals surface area contributed by atoms with Crippen molar-refractivity contribution in [2.75, 3.05) is 18.5 Å². The van der Waals surface area contributed by atoms with Crippen molar-refractivity contribution in [1.82, 2.24) is 20.3 Å². The Morgan fingerprint density at radius 3 is 2.59 bits per heavy atom. The topological polar surface area (TPSA) is 107 Å². The summed E-state index contributed by atoms with van der Waals surface area (Å²) in [5, 5.41) is 5.72. The number of aromatic nitrogens is 3. The average molecular weight is 453 g/mol. The number of fused-ring (bicyclic) bond motifs is 1. The Morgan fingerprint density at radius 2 is 1.88 bits per heavy atom. The summed E-state index contributed by atoms with van der Waals surface area (Å²) in [6, 6.07) is 2.65. The molecule has 2 aromatic rings. The van der Waals surface area contributed by atoms with E-state index in [1.54, 1.807) is 26.0 Å². The molecule has 2 saturated heterocycles. The number of amides is 1. The Morgan fingerprint density at radius 1 is 1.16 bits per heavy atom. The lowest BCUT2D eigenvalue weighted by molar-refractivity contribution is -0.153. The second-order valence-corrected chi connectivity index (χ2v) is 7.92. The first-order valence-electron chi connectivity index (χ1n) is 9.94. The highest BCUT2D eigenvalue weighted by molar-refractivity contribution is 5.93. The summed E-state index contributed by atoms with van der Waals surface area (Å²) in [4.78, 5) is 23.4. The van der Waals surface area contributed by atoms with Crippen LogP contribution in [-0.2, 0) is 20.4 Å². The number of hydrogen-bond acceptors (Lipinski definition) is 8. The van der Waals surface area contributed by atoms with Gasteiger partial charge in [-0.1, -0.05) is 0 Å². The number of anilines is 1. The molecule has 2 N–H and O–H groups in total. The standard InChI is InChI=1S/C20H22F3N5O4/c1-19(2)31-16-12(27-15-9-25-8-14(28-15)20(21,22)23)10-30-13(17(16)32-19)7-26-18(29)11-3-5-24-6-4-11/h3-6,8-9,12-13,16-17H,7,10H2,1-2H3,(H,26,29)(H,27,28)/t12-,13+,16+,17-/m0/s1. The van der Waals surface area contributed by atoms with E-state index >= 15 is 0 Å². The monoisotopic (exact) mass is 453 g/mol. The zero-order valence-electron chi connectivity index (χ0n) is 17.3. The summed E-state index contributed by atoms with van der Waals surface area (Å²) < 4.78 is 56.7. The molecule has 32 heavy (non-hydrogen) atoms. The number of rotatable bonds is 5. The van der Waals surface area contributed by atoms with E-state index in [0.717, 1.165) is 0 Å². The smallest absolute Gasteiger partial charge is 0.371 e. The summed E-state index contributed by atoms with van der Waals surface area (Å²) in [7, 11) is 0. The molecule has 2 aromatic heterocycles. The van der Waals surface area contributed by atoms with Crippen LogP contribution < -0.4 is 10.6 Å². The lowest BCUT2D eigenvalue weighted by Crippen LogP contribution is -2.57. The van der Waals surface area contributed by atoms with Gasteiger partial charge >= 0.3 is 6.18 Å². The van der Waals surface area contributed by atoms with Crippen LogP contribution in [0.1, 0.15) is 29.9 Å². The van der Waals surface area contributed by atoms with Crippen LogP contribution in [0.15, 0.2) is 36.9 Å². The van der Waals surface area contributed by atoms with Gasteiger partial charge in [-0.3, -0.25) is 14.8 Å². The SMILES string of the molecule is CC1(C)O[C@@H]2[C@H](O1)[C@@H](Nc1cncc(C(F)(F)F)n1)CO[C@@H]2CNC(=O)c1ccncc1. The number of alkyl halides is 3. The number of nitrogens with one attached hydrogen (secondary N) is 2. The van der Waals surface area contributed by atoms with E-state index in [4.69, 9.17) is 14.2 Å². The Kier molecular flexibility index (Phi) is 6.01. The van der Waals surface area contributed by atoms with Crippen molar-refractivity contribution in [3.05, 3.63) is 48.2 Å². The molecule has 4 heterocycles. The summed E-state index contributed by atoms with van der Waals surface area (Å²) in [6.07, 6.45) is -1.33. The van der Waals surface area contributed by atoms with Gasteiger partial charge in [0.15, 0.2) is 11.5 Å². The van der Waals surface area contributed by atoms with Gasteiger partial charge in [-0.15, -0.1) is 0 Å². The van der Waals surface area contributed by atoms with E-state index in [-0.39, 0.29) is 24.9 Å². The molecule has 0 radical (unpaired) electrons. The zero-order valence-corrected chi connectivity index (χ0v) is 17.3. The minimum atomic E-state index is -4.61. The normalized spacial score (nSPS) is 26.9. The summed E-state index contributed by atoms with van der Waals surface area (Å²) in [6.45, 7) is 3.74. The third kappa shape index (κ3) is 4.97. The molecule has 9 nitrogen and oxygen atoms in total. The van der Waals surface area contributed by atoms with E-state index < -0.39 is 42.0 Å². The van der Waals surface area contributed by atoms with Crippen molar-refractivity contribution in [3.63, 3.8) is 0 Å². The maximum Gasteiger partial charge on any atom is 0.434 e. The van der Waals surface area contributed by atoms with Crippen LogP contribution >= 0.6 is 0 Å². The molecule has 2 fully saturated rings. The molecule has 2 aliphatic rings. The van der Waals surface area contributed by atoms with E-state index in [9.17, 15) is 18.0 Å². The highest BCUT2D eigenvalue weighted by Gasteiger charge is 2.52. The number of carbonyl (C=O) groups excluding carboxylic acids is 1. The van der Waals surface area contributed by atoms with Gasteiger partial charge < -0.3 is 24.8 Å². The van der Waals surface area contributed by atoms with Crippen LogP contribution in [0.2, 0.25) is 0 Å². The molecule has 0 spiro atoms. The van der Waals surface area contributed by atoms with Gasteiger partial charge in [0, 0.05) is 24.5 Å². The van der Waals surface area contributed by atoms with Crippen LogP contribution in [0.4, 0.5) is 19.0 Å². The maximum absolute atomic E-state index is 12.9. The van der Waals surface area contributed by atoms with Crippen molar-refractivity contribution >= 4 is 11.7 Å². The summed E-state index contributed by atoms with van der Waals surface area (Å²) >= 11 is 0. The fourth-order valence-electron chi connectivity index (χ4n) is 3.69. The molecule has 0 bridgehead atoms. The number of pyridine rings is 1. The molecule has 12 heteroatoms. The van der Waals surface area contributed by atoms with Crippen molar-refractivity contribution in [3.8, 4) is 0 Å². The van der Waals surface area contributed by atoms with Crippen LogP contribution in [0.25, 0.3) is 0 Å². The van der Waals surface area contributed by atoms with Crippen molar-refractivity contribution in [2.24, 2.45) is 0 Å². The largest absolute Gasteiger partial charge is 0.434 e. The Balaban J connectivity index is 1.44. The van der Waals surface area contributed by atoms with E-state index in [2.05, 4.69) is 25.6 Å². The minimum Gasteiger partial charge on any atom is -0.371 e. The molecular weight excluding hydrogens is 431 g/mol. The first-order chi connectivity index (χ1) is 15.1. The van der Waals surface area contributed by atoms with Crippen molar-refractivity contribution < 1.29 is 32.2 Å². The molecule has 0 saturated carbocycles. The minimum absolute atomic E-state index is 0.0510. The van der Waals surface area contributed by atoms with E-state index in [1.165, 1.54) is 18.6 Å². The Hall–Kier alpha value is -2.83. The molecular formula is C20H22F3N5O4. The Labute approximate surface area is 181 Å². The van der Waals surface area contributed by atoms with Crippen molar-refractivity contribution in [1.29, 1.82) is 0 Å². The lowest BCUT2D eigenvalue weighted by Gasteiger charge is -2.37. The number of ether oxygens (including phenoxy) is 3. The number of hydrogen-bond donors (Lipinski definition) is 2. The molecule has 0 aromatic carbocycles. The second-order valence-electron chi connectivity index (χ2n) is 7.92. The first-order valence-corrected chi connectivity index (χ1v) is 9.94. The highest BCUT2D eigenvalue weighted by atomic mass is 19.4. The van der Waals surface area contributed by atoms with Gasteiger partial charge in [0.2, 0.25) is 0 Å². The van der Waals surface area contributed by atoms with Gasteiger partial charge in [0.1, 0.15) is 24.1 Å². The molecule has 4 atom stereocenters. The molecule has 172 valence electrons. The maximum atomic E-state index is 12.9. The van der Waals surface area contributed by atoms with Crippen LogP contribution in [0.3, 0.4) is 0 Å². The molecule has 0 unspecified atom stereocenters. The van der Waals surface area contributed by atoms with Gasteiger partial charge in [-0.05, 0) is 26.0 Å². The Bertz CT molecular complexity index is 960. The van der Waals surface area contributed by atoms with Crippen molar-refractivity contribution in [2.45, 2.75) is 50.2 Å². The average Bonchev–Trinajstić information content (AvgIpc) is 3.09. The zero-order chi connectivity index (χ0) is 22.9. The lowest BCUT2D eigenvalue weighted by atomic mass is 9.98. The van der Waals surface area contributed by atoms with E-state index in [0.29, 0.717) is 11.8 Å². The fourth-order valence-corrected chi connectivity index (χ4v) is 3.69. The van der Waals surface area contributed by atoms with Crippen LogP contribution in [0, 0.1) is 0 Å². The third-order valence-corrected chi connectivity index (χ3v) is 5.08. The number of nitrogens with zero attached hydrogens (tertiary/aromatic N) is 3. The fraction of sp³-hybridized carbons (Fsp3) is 0.500. The summed E-state index contributed by atoms with van der Waals surface area (Å²) in [5.74, 6) is -1.27. The quantitative estimate of drug-likeness (QED) is 0.708. The second kappa shape index (κ2) is 8.60. The molecule has 0 aliphatic carbocycles. The van der Waals surface area contributed by atoms with Gasteiger partial charge in [-0.25, -0.2) is 4.98 Å². The summed E-state index contributed by atoms with van der Waals surface area (Å²) in [5.41, 5.74) is -0.643. The van der Waals surface area contributed by atoms with Crippen LogP contribution in [0.5, 0.6) is 0 Å². The molecule has 2 aliphatic heterocycles. The van der Waals surface area contributed by atoms with Gasteiger partial charge in [-0.2, -0.15) is 13.2 Å². The number of carbonyl (C=O) groups is 1. The number of halogens is 3. The predicted molar refractivity (Wildman–Crippen MR) is 105 cm³/mol. The first kappa shape index (κ1) is 22.4. The van der Waals surface area contributed by atoms with E-state index in [1.807, 2.05) is 0 Å².